The Labute approximate surface area is 129 Å². The molecule has 0 amide bonds. The van der Waals surface area contributed by atoms with Gasteiger partial charge in [-0.15, -0.1) is 0 Å². The number of anilines is 3. The molecule has 8 heteroatoms. The third-order valence-electron chi connectivity index (χ3n) is 4.41. The zero-order valence-electron chi connectivity index (χ0n) is 12.9. The van der Waals surface area contributed by atoms with Crippen molar-refractivity contribution in [2.24, 2.45) is 5.92 Å². The minimum absolute atomic E-state index is 0.0323. The van der Waals surface area contributed by atoms with Gasteiger partial charge in [0.1, 0.15) is 0 Å². The summed E-state index contributed by atoms with van der Waals surface area (Å²) >= 11 is 0. The molecule has 0 radical (unpaired) electrons. The van der Waals surface area contributed by atoms with Gasteiger partial charge in [0.05, 0.1) is 4.92 Å². The first-order chi connectivity index (χ1) is 10.6. The molecule has 2 aliphatic heterocycles. The summed E-state index contributed by atoms with van der Waals surface area (Å²) in [5.41, 5.74) is 5.73. The molecule has 1 aromatic heterocycles. The molecule has 2 fully saturated rings. The number of nitrogen functional groups attached to an aromatic ring is 1. The second kappa shape index (κ2) is 5.94. The lowest BCUT2D eigenvalue weighted by Crippen LogP contribution is -2.36. The fraction of sp³-hybridized carbons (Fsp3) is 0.714. The molecular weight excluding hydrogens is 284 g/mol. The maximum absolute atomic E-state index is 11.3. The van der Waals surface area contributed by atoms with Crippen LogP contribution in [0.15, 0.2) is 0 Å². The third-order valence-corrected chi connectivity index (χ3v) is 4.41. The third kappa shape index (κ3) is 2.77. The van der Waals surface area contributed by atoms with Crippen molar-refractivity contribution in [1.82, 2.24) is 9.97 Å². The van der Waals surface area contributed by atoms with Gasteiger partial charge < -0.3 is 15.5 Å². The van der Waals surface area contributed by atoms with E-state index in [4.69, 9.17) is 5.73 Å². The monoisotopic (exact) mass is 306 g/mol. The fourth-order valence-corrected chi connectivity index (χ4v) is 3.28. The van der Waals surface area contributed by atoms with Crippen molar-refractivity contribution >= 4 is 23.3 Å². The van der Waals surface area contributed by atoms with Crippen molar-refractivity contribution in [3.63, 3.8) is 0 Å². The molecule has 0 saturated carbocycles. The first kappa shape index (κ1) is 14.8. The van der Waals surface area contributed by atoms with Crippen LogP contribution in [-0.4, -0.2) is 41.1 Å². The van der Waals surface area contributed by atoms with E-state index in [2.05, 4.69) is 21.8 Å². The predicted molar refractivity (Wildman–Crippen MR) is 85.2 cm³/mol. The van der Waals surface area contributed by atoms with Crippen LogP contribution in [0.4, 0.5) is 23.3 Å². The van der Waals surface area contributed by atoms with Gasteiger partial charge in [-0.2, -0.15) is 9.97 Å². The largest absolute Gasteiger partial charge is 0.378 e. The zero-order valence-corrected chi connectivity index (χ0v) is 12.9. The number of nitrogens with zero attached hydrogens (tertiary/aromatic N) is 5. The van der Waals surface area contributed by atoms with Gasteiger partial charge in [0.25, 0.3) is 0 Å². The first-order valence-electron chi connectivity index (χ1n) is 7.88. The summed E-state index contributed by atoms with van der Waals surface area (Å²) in [5.74, 6) is 1.44. The van der Waals surface area contributed by atoms with Crippen LogP contribution in [0, 0.1) is 16.0 Å². The standard InChI is InChI=1S/C14H22N6O2/c1-10-5-4-8-19(9-10)14-16-12(15)11(20(21)22)13(17-14)18-6-2-3-7-18/h10H,2-9H2,1H3,(H2,15,16,17). The van der Waals surface area contributed by atoms with E-state index in [-0.39, 0.29) is 11.5 Å². The van der Waals surface area contributed by atoms with E-state index in [9.17, 15) is 10.1 Å². The summed E-state index contributed by atoms with van der Waals surface area (Å²) in [6.45, 7) is 5.51. The minimum atomic E-state index is -0.467. The van der Waals surface area contributed by atoms with Gasteiger partial charge in [0.15, 0.2) is 0 Å². The van der Waals surface area contributed by atoms with Crippen molar-refractivity contribution in [1.29, 1.82) is 0 Å². The average molecular weight is 306 g/mol. The lowest BCUT2D eigenvalue weighted by molar-refractivity contribution is -0.383. The van der Waals surface area contributed by atoms with Gasteiger partial charge in [-0.3, -0.25) is 10.1 Å². The van der Waals surface area contributed by atoms with E-state index in [1.807, 2.05) is 4.90 Å². The Morgan fingerprint density at radius 2 is 1.86 bits per heavy atom. The normalized spacial score (nSPS) is 22.1. The van der Waals surface area contributed by atoms with Gasteiger partial charge in [-0.1, -0.05) is 6.92 Å². The molecule has 2 saturated heterocycles. The van der Waals surface area contributed by atoms with Crippen molar-refractivity contribution in [2.45, 2.75) is 32.6 Å². The molecule has 0 aromatic carbocycles. The van der Waals surface area contributed by atoms with E-state index < -0.39 is 4.92 Å². The van der Waals surface area contributed by atoms with E-state index in [0.29, 0.717) is 17.7 Å². The molecule has 8 nitrogen and oxygen atoms in total. The molecule has 1 aromatic rings. The molecule has 0 aliphatic carbocycles. The summed E-state index contributed by atoms with van der Waals surface area (Å²) in [5, 5.41) is 11.3. The Bertz CT molecular complexity index is 573. The van der Waals surface area contributed by atoms with Gasteiger partial charge in [0.2, 0.25) is 17.6 Å². The predicted octanol–water partition coefficient (Wildman–Crippen LogP) is 1.80. The Morgan fingerprint density at radius 1 is 1.18 bits per heavy atom. The molecule has 1 atom stereocenters. The van der Waals surface area contributed by atoms with Crippen LogP contribution in [-0.2, 0) is 0 Å². The SMILES string of the molecule is CC1CCCN(c2nc(N)c([N+](=O)[O-])c(N3CCCC3)n2)C1. The fourth-order valence-electron chi connectivity index (χ4n) is 3.28. The lowest BCUT2D eigenvalue weighted by atomic mass is 10.0. The van der Waals surface area contributed by atoms with Crippen LogP contribution in [0.2, 0.25) is 0 Å². The highest BCUT2D eigenvalue weighted by molar-refractivity contribution is 5.71. The molecule has 2 N–H and O–H groups in total. The van der Waals surface area contributed by atoms with Crippen molar-refractivity contribution in [2.75, 3.05) is 41.7 Å². The summed E-state index contributed by atoms with van der Waals surface area (Å²) in [4.78, 5) is 23.6. The molecule has 3 rings (SSSR count). The van der Waals surface area contributed by atoms with Crippen molar-refractivity contribution in [3.05, 3.63) is 10.1 Å². The topological polar surface area (TPSA) is 101 Å². The number of hydrogen-bond acceptors (Lipinski definition) is 7. The highest BCUT2D eigenvalue weighted by Crippen LogP contribution is 2.35. The molecule has 0 spiro atoms. The number of piperidine rings is 1. The maximum Gasteiger partial charge on any atom is 0.353 e. The Hall–Kier alpha value is -2.12. The second-order valence-corrected chi connectivity index (χ2v) is 6.23. The Balaban J connectivity index is 1.99. The van der Waals surface area contributed by atoms with Crippen LogP contribution in [0.3, 0.4) is 0 Å². The number of rotatable bonds is 3. The van der Waals surface area contributed by atoms with E-state index >= 15 is 0 Å². The smallest absolute Gasteiger partial charge is 0.353 e. The number of nitrogens with two attached hydrogens (primary N) is 1. The van der Waals surface area contributed by atoms with Gasteiger partial charge in [-0.25, -0.2) is 0 Å². The second-order valence-electron chi connectivity index (χ2n) is 6.23. The lowest BCUT2D eigenvalue weighted by Gasteiger charge is -2.31. The average Bonchev–Trinajstić information content (AvgIpc) is 3.00. The molecule has 0 bridgehead atoms. The summed E-state index contributed by atoms with van der Waals surface area (Å²) in [6.07, 6.45) is 4.33. The zero-order chi connectivity index (χ0) is 15.7. The summed E-state index contributed by atoms with van der Waals surface area (Å²) in [6, 6.07) is 0. The Morgan fingerprint density at radius 3 is 2.50 bits per heavy atom. The molecule has 120 valence electrons. The van der Waals surface area contributed by atoms with Crippen LogP contribution in [0.1, 0.15) is 32.6 Å². The molecule has 3 heterocycles. The highest BCUT2D eigenvalue weighted by atomic mass is 16.6. The molecule has 2 aliphatic rings. The molecule has 1 unspecified atom stereocenters. The van der Waals surface area contributed by atoms with E-state index in [1.165, 1.54) is 6.42 Å². The van der Waals surface area contributed by atoms with Crippen LogP contribution < -0.4 is 15.5 Å². The first-order valence-corrected chi connectivity index (χ1v) is 7.88. The van der Waals surface area contributed by atoms with Crippen molar-refractivity contribution < 1.29 is 4.92 Å². The van der Waals surface area contributed by atoms with Crippen molar-refractivity contribution in [3.8, 4) is 0 Å². The number of nitro groups is 1. The summed E-state index contributed by atoms with van der Waals surface area (Å²) < 4.78 is 0. The molecular formula is C14H22N6O2. The molecule has 22 heavy (non-hydrogen) atoms. The number of aromatic nitrogens is 2. The summed E-state index contributed by atoms with van der Waals surface area (Å²) in [7, 11) is 0. The van der Waals surface area contributed by atoms with Gasteiger partial charge in [-0.05, 0) is 31.6 Å². The van der Waals surface area contributed by atoms with E-state index in [0.717, 1.165) is 45.4 Å². The van der Waals surface area contributed by atoms with Crippen LogP contribution in [0.25, 0.3) is 0 Å². The van der Waals surface area contributed by atoms with Gasteiger partial charge >= 0.3 is 5.69 Å². The van der Waals surface area contributed by atoms with Crippen LogP contribution in [0.5, 0.6) is 0 Å². The van der Waals surface area contributed by atoms with E-state index in [1.54, 1.807) is 0 Å². The minimum Gasteiger partial charge on any atom is -0.378 e. The van der Waals surface area contributed by atoms with Crippen LogP contribution >= 0.6 is 0 Å². The maximum atomic E-state index is 11.3. The van der Waals surface area contributed by atoms with Gasteiger partial charge in [0, 0.05) is 26.2 Å². The number of hydrogen-bond donors (Lipinski definition) is 1. The Kier molecular flexibility index (Phi) is 4.00. The quantitative estimate of drug-likeness (QED) is 0.671. The highest BCUT2D eigenvalue weighted by Gasteiger charge is 2.30.